The van der Waals surface area contributed by atoms with Crippen LogP contribution in [0.25, 0.3) is 6.08 Å². The molecule has 0 aliphatic carbocycles. The van der Waals surface area contributed by atoms with Crippen LogP contribution in [-0.2, 0) is 7.05 Å². The Kier molecular flexibility index (Phi) is 3.24. The van der Waals surface area contributed by atoms with E-state index in [1.807, 2.05) is 31.4 Å². The molecule has 17 heavy (non-hydrogen) atoms. The Morgan fingerprint density at radius 1 is 1.47 bits per heavy atom. The first kappa shape index (κ1) is 11.8. The van der Waals surface area contributed by atoms with Gasteiger partial charge < -0.3 is 0 Å². The van der Waals surface area contributed by atoms with E-state index in [0.717, 1.165) is 10.6 Å². The fraction of sp³-hybridized carbons (Fsp3) is 0.231. The summed E-state index contributed by atoms with van der Waals surface area (Å²) < 4.78 is 1.61. The number of carbonyl (C=O) groups excluding carboxylic acids is 1. The lowest BCUT2D eigenvalue weighted by Gasteiger charge is -1.95. The maximum absolute atomic E-state index is 11.9. The summed E-state index contributed by atoms with van der Waals surface area (Å²) in [6.07, 6.45) is 3.47. The first-order chi connectivity index (χ1) is 8.08. The molecule has 0 bridgehead atoms. The molecule has 2 aromatic rings. The third-order valence-electron chi connectivity index (χ3n) is 2.54. The predicted molar refractivity (Wildman–Crippen MR) is 70.4 cm³/mol. The summed E-state index contributed by atoms with van der Waals surface area (Å²) in [5, 5.41) is 6.18. The van der Waals surface area contributed by atoms with Gasteiger partial charge in [-0.1, -0.05) is 0 Å². The number of aryl methyl sites for hydroxylation is 3. The normalized spacial score (nSPS) is 11.2. The van der Waals surface area contributed by atoms with Crippen molar-refractivity contribution >= 4 is 23.2 Å². The van der Waals surface area contributed by atoms with Crippen LogP contribution in [0.5, 0.6) is 0 Å². The number of allylic oxidation sites excluding steroid dienone is 1. The van der Waals surface area contributed by atoms with Crippen molar-refractivity contribution in [3.05, 3.63) is 45.4 Å². The highest BCUT2D eigenvalue weighted by atomic mass is 32.1. The van der Waals surface area contributed by atoms with E-state index >= 15 is 0 Å². The van der Waals surface area contributed by atoms with E-state index in [2.05, 4.69) is 5.10 Å². The fourth-order valence-corrected chi connectivity index (χ4v) is 2.45. The van der Waals surface area contributed by atoms with Crippen LogP contribution < -0.4 is 0 Å². The van der Waals surface area contributed by atoms with Crippen molar-refractivity contribution in [2.75, 3.05) is 0 Å². The zero-order valence-corrected chi connectivity index (χ0v) is 10.9. The van der Waals surface area contributed by atoms with Gasteiger partial charge in [-0.25, -0.2) is 0 Å². The van der Waals surface area contributed by atoms with Crippen LogP contribution in [0, 0.1) is 13.8 Å². The second-order valence-corrected chi connectivity index (χ2v) is 4.91. The monoisotopic (exact) mass is 246 g/mol. The molecule has 0 radical (unpaired) electrons. The van der Waals surface area contributed by atoms with Gasteiger partial charge in [0.05, 0.1) is 5.69 Å². The van der Waals surface area contributed by atoms with E-state index in [0.29, 0.717) is 5.69 Å². The number of thiophene rings is 1. The molecule has 3 nitrogen and oxygen atoms in total. The molecule has 0 N–H and O–H groups in total. The summed E-state index contributed by atoms with van der Waals surface area (Å²) >= 11 is 1.63. The minimum absolute atomic E-state index is 0.0131. The molecule has 0 amide bonds. The average molecular weight is 246 g/mol. The summed E-state index contributed by atoms with van der Waals surface area (Å²) in [5.41, 5.74) is 2.67. The molecular formula is C13H14N2OS. The van der Waals surface area contributed by atoms with Crippen molar-refractivity contribution in [1.82, 2.24) is 9.78 Å². The molecule has 0 atom stereocenters. The average Bonchev–Trinajstić information content (AvgIpc) is 2.81. The van der Waals surface area contributed by atoms with Gasteiger partial charge in [-0.2, -0.15) is 5.10 Å². The van der Waals surface area contributed by atoms with Crippen LogP contribution in [0.4, 0.5) is 0 Å². The van der Waals surface area contributed by atoms with Crippen LogP contribution in [-0.4, -0.2) is 15.6 Å². The molecular weight excluding hydrogens is 232 g/mol. The Morgan fingerprint density at radius 3 is 2.76 bits per heavy atom. The van der Waals surface area contributed by atoms with Crippen molar-refractivity contribution < 1.29 is 4.79 Å². The topological polar surface area (TPSA) is 34.9 Å². The van der Waals surface area contributed by atoms with E-state index in [1.54, 1.807) is 35.2 Å². The quantitative estimate of drug-likeness (QED) is 0.616. The van der Waals surface area contributed by atoms with E-state index in [1.165, 1.54) is 5.56 Å². The molecule has 0 saturated carbocycles. The Hall–Kier alpha value is -1.68. The number of hydrogen-bond acceptors (Lipinski definition) is 3. The highest BCUT2D eigenvalue weighted by molar-refractivity contribution is 7.11. The molecule has 0 aliphatic rings. The van der Waals surface area contributed by atoms with E-state index in [9.17, 15) is 4.79 Å². The molecule has 88 valence electrons. The third kappa shape index (κ3) is 2.53. The number of ketones is 1. The molecule has 0 saturated heterocycles. The molecule has 2 aromatic heterocycles. The van der Waals surface area contributed by atoms with Gasteiger partial charge in [-0.05, 0) is 49.1 Å². The van der Waals surface area contributed by atoms with Crippen molar-refractivity contribution in [2.24, 2.45) is 7.05 Å². The lowest BCUT2D eigenvalue weighted by atomic mass is 10.2. The predicted octanol–water partition coefficient (Wildman–Crippen LogP) is 2.99. The number of carbonyl (C=O) groups is 1. The van der Waals surface area contributed by atoms with Crippen LogP contribution in [0.1, 0.15) is 26.6 Å². The molecule has 0 spiro atoms. The molecule has 0 aromatic carbocycles. The Balaban J connectivity index is 2.20. The van der Waals surface area contributed by atoms with E-state index in [-0.39, 0.29) is 5.78 Å². The summed E-state index contributed by atoms with van der Waals surface area (Å²) in [6, 6.07) is 3.84. The van der Waals surface area contributed by atoms with Crippen molar-refractivity contribution in [3.63, 3.8) is 0 Å². The molecule has 2 heterocycles. The Labute approximate surface area is 104 Å². The molecule has 4 heteroatoms. The summed E-state index contributed by atoms with van der Waals surface area (Å²) in [6.45, 7) is 3.92. The third-order valence-corrected chi connectivity index (χ3v) is 3.53. The van der Waals surface area contributed by atoms with Crippen molar-refractivity contribution in [2.45, 2.75) is 13.8 Å². The van der Waals surface area contributed by atoms with Gasteiger partial charge in [0.15, 0.2) is 0 Å². The van der Waals surface area contributed by atoms with Crippen LogP contribution in [0.15, 0.2) is 23.6 Å². The second kappa shape index (κ2) is 4.67. The summed E-state index contributed by atoms with van der Waals surface area (Å²) in [4.78, 5) is 13.1. The van der Waals surface area contributed by atoms with E-state index < -0.39 is 0 Å². The van der Waals surface area contributed by atoms with E-state index in [4.69, 9.17) is 0 Å². The standard InChI is InChI=1S/C13H14N2OS/c1-9-6-7-17-13(9)5-4-12(16)11-8-10(2)14-15(11)3/h4-8H,1-3H3/b5-4+. The van der Waals surface area contributed by atoms with Gasteiger partial charge in [0, 0.05) is 11.9 Å². The highest BCUT2D eigenvalue weighted by Crippen LogP contribution is 2.17. The molecule has 0 aliphatic heterocycles. The Bertz CT molecular complexity index is 578. The minimum Gasteiger partial charge on any atom is -0.288 e. The first-order valence-electron chi connectivity index (χ1n) is 5.35. The van der Waals surface area contributed by atoms with Crippen molar-refractivity contribution in [1.29, 1.82) is 0 Å². The lowest BCUT2D eigenvalue weighted by molar-refractivity contribution is 0.103. The maximum Gasteiger partial charge on any atom is 0.203 e. The molecule has 2 rings (SSSR count). The summed E-state index contributed by atoms with van der Waals surface area (Å²) in [5.74, 6) is -0.0131. The summed E-state index contributed by atoms with van der Waals surface area (Å²) in [7, 11) is 1.78. The largest absolute Gasteiger partial charge is 0.288 e. The number of hydrogen-bond donors (Lipinski definition) is 0. The van der Waals surface area contributed by atoms with Crippen LogP contribution in [0.2, 0.25) is 0 Å². The van der Waals surface area contributed by atoms with Gasteiger partial charge >= 0.3 is 0 Å². The zero-order valence-electron chi connectivity index (χ0n) is 10.1. The number of nitrogens with zero attached hydrogens (tertiary/aromatic N) is 2. The minimum atomic E-state index is -0.0131. The van der Waals surface area contributed by atoms with Crippen LogP contribution >= 0.6 is 11.3 Å². The van der Waals surface area contributed by atoms with Crippen LogP contribution in [0.3, 0.4) is 0 Å². The second-order valence-electron chi connectivity index (χ2n) is 3.96. The number of aromatic nitrogens is 2. The fourth-order valence-electron chi connectivity index (χ4n) is 1.63. The number of rotatable bonds is 3. The SMILES string of the molecule is Cc1cc(C(=O)/C=C/c2sccc2C)n(C)n1. The van der Waals surface area contributed by atoms with Gasteiger partial charge in [0.1, 0.15) is 5.69 Å². The van der Waals surface area contributed by atoms with Gasteiger partial charge in [0.25, 0.3) is 0 Å². The molecule has 0 fully saturated rings. The van der Waals surface area contributed by atoms with Gasteiger partial charge in [0.2, 0.25) is 5.78 Å². The Morgan fingerprint density at radius 2 is 2.24 bits per heavy atom. The van der Waals surface area contributed by atoms with Gasteiger partial charge in [-0.3, -0.25) is 9.48 Å². The molecule has 0 unspecified atom stereocenters. The maximum atomic E-state index is 11.9. The highest BCUT2D eigenvalue weighted by Gasteiger charge is 2.08. The first-order valence-corrected chi connectivity index (χ1v) is 6.23. The smallest absolute Gasteiger partial charge is 0.203 e. The zero-order chi connectivity index (χ0) is 12.4. The lowest BCUT2D eigenvalue weighted by Crippen LogP contribution is -2.03. The van der Waals surface area contributed by atoms with Gasteiger partial charge in [-0.15, -0.1) is 11.3 Å². The van der Waals surface area contributed by atoms with Crippen molar-refractivity contribution in [3.8, 4) is 0 Å².